The number of nitro benzene ring substituents is 1. The van der Waals surface area contributed by atoms with E-state index in [4.69, 9.17) is 0 Å². The van der Waals surface area contributed by atoms with Gasteiger partial charge in [0.2, 0.25) is 0 Å². The summed E-state index contributed by atoms with van der Waals surface area (Å²) in [6.45, 7) is 0.276. The van der Waals surface area contributed by atoms with Gasteiger partial charge in [0.05, 0.1) is 22.8 Å². The molecule has 0 bridgehead atoms. The smallest absolute Gasteiger partial charge is 0.272 e. The van der Waals surface area contributed by atoms with Gasteiger partial charge in [0.25, 0.3) is 11.6 Å². The van der Waals surface area contributed by atoms with Gasteiger partial charge in [-0.3, -0.25) is 19.9 Å². The monoisotopic (exact) mass is 406 g/mol. The molecule has 0 saturated heterocycles. The van der Waals surface area contributed by atoms with Gasteiger partial charge in [0.1, 0.15) is 5.01 Å². The molecule has 3 aromatic heterocycles. The molecule has 4 aromatic rings. The van der Waals surface area contributed by atoms with Crippen LogP contribution in [0.15, 0.2) is 66.4 Å². The highest BCUT2D eigenvalue weighted by Gasteiger charge is 2.13. The van der Waals surface area contributed by atoms with E-state index in [9.17, 15) is 14.9 Å². The Labute approximate surface area is 168 Å². The number of carbonyl (C=O) groups is 1. The van der Waals surface area contributed by atoms with Crippen LogP contribution in [0.3, 0.4) is 0 Å². The number of non-ortho nitro benzene ring substituents is 1. The molecule has 0 aliphatic rings. The molecule has 3 heterocycles. The average molecular weight is 406 g/mol. The second-order valence-electron chi connectivity index (χ2n) is 5.97. The Kier molecular flexibility index (Phi) is 5.08. The van der Waals surface area contributed by atoms with Crippen molar-refractivity contribution in [3.8, 4) is 16.9 Å². The van der Waals surface area contributed by atoms with Crippen molar-refractivity contribution >= 4 is 22.9 Å². The van der Waals surface area contributed by atoms with Crippen molar-refractivity contribution in [3.05, 3.63) is 87.3 Å². The summed E-state index contributed by atoms with van der Waals surface area (Å²) in [6.07, 6.45) is 4.99. The Bertz CT molecular complexity index is 1170. The SMILES string of the molecule is O=C(NCc1nc(-c2ccncc2)cs1)c1ccn(-c2cccc([N+](=O)[O-])c2)n1. The van der Waals surface area contributed by atoms with Crippen LogP contribution in [0.4, 0.5) is 5.69 Å². The third-order valence-corrected chi connectivity index (χ3v) is 4.90. The molecule has 1 amide bonds. The Hall–Kier alpha value is -3.92. The summed E-state index contributed by atoms with van der Waals surface area (Å²) in [5.74, 6) is -0.352. The van der Waals surface area contributed by atoms with E-state index in [-0.39, 0.29) is 23.8 Å². The molecule has 1 aromatic carbocycles. The zero-order valence-electron chi connectivity index (χ0n) is 14.9. The van der Waals surface area contributed by atoms with E-state index >= 15 is 0 Å². The first kappa shape index (κ1) is 18.4. The molecule has 0 unspecified atom stereocenters. The molecule has 29 heavy (non-hydrogen) atoms. The molecule has 0 radical (unpaired) electrons. The highest BCUT2D eigenvalue weighted by atomic mass is 32.1. The quantitative estimate of drug-likeness (QED) is 0.388. The molecule has 0 aliphatic carbocycles. The Balaban J connectivity index is 1.42. The number of pyridine rings is 1. The van der Waals surface area contributed by atoms with Crippen LogP contribution in [0.25, 0.3) is 16.9 Å². The molecule has 0 fully saturated rings. The first-order valence-electron chi connectivity index (χ1n) is 8.53. The molecule has 1 N–H and O–H groups in total. The van der Waals surface area contributed by atoms with Crippen LogP contribution in [-0.4, -0.2) is 30.6 Å². The number of hydrogen-bond donors (Lipinski definition) is 1. The highest BCUT2D eigenvalue weighted by molar-refractivity contribution is 7.09. The topological polar surface area (TPSA) is 116 Å². The maximum Gasteiger partial charge on any atom is 0.272 e. The lowest BCUT2D eigenvalue weighted by molar-refractivity contribution is -0.384. The van der Waals surface area contributed by atoms with E-state index in [2.05, 4.69) is 20.4 Å². The van der Waals surface area contributed by atoms with Gasteiger partial charge in [-0.2, -0.15) is 5.10 Å². The first-order chi connectivity index (χ1) is 14.1. The lowest BCUT2D eigenvalue weighted by Gasteiger charge is -2.02. The van der Waals surface area contributed by atoms with Crippen molar-refractivity contribution in [1.29, 1.82) is 0 Å². The van der Waals surface area contributed by atoms with Crippen LogP contribution in [0, 0.1) is 10.1 Å². The second-order valence-corrected chi connectivity index (χ2v) is 6.91. The van der Waals surface area contributed by atoms with Crippen LogP contribution in [0.1, 0.15) is 15.5 Å². The molecule has 0 saturated carbocycles. The van der Waals surface area contributed by atoms with Crippen molar-refractivity contribution in [1.82, 2.24) is 25.1 Å². The van der Waals surface area contributed by atoms with Crippen molar-refractivity contribution in [3.63, 3.8) is 0 Å². The number of nitro groups is 1. The van der Waals surface area contributed by atoms with Gasteiger partial charge < -0.3 is 5.32 Å². The number of thiazole rings is 1. The fourth-order valence-corrected chi connectivity index (χ4v) is 3.37. The minimum absolute atomic E-state index is 0.0437. The predicted octanol–water partition coefficient (Wildman–Crippen LogP) is 3.23. The summed E-state index contributed by atoms with van der Waals surface area (Å²) < 4.78 is 1.42. The van der Waals surface area contributed by atoms with E-state index in [1.807, 2.05) is 17.5 Å². The largest absolute Gasteiger partial charge is 0.344 e. The van der Waals surface area contributed by atoms with Crippen LogP contribution >= 0.6 is 11.3 Å². The minimum Gasteiger partial charge on any atom is -0.344 e. The average Bonchev–Trinajstić information content (AvgIpc) is 3.43. The maximum absolute atomic E-state index is 12.4. The number of hydrogen-bond acceptors (Lipinski definition) is 7. The molecule has 0 aliphatic heterocycles. The van der Waals surface area contributed by atoms with Gasteiger partial charge >= 0.3 is 0 Å². The van der Waals surface area contributed by atoms with Gasteiger partial charge in [0, 0.05) is 41.7 Å². The van der Waals surface area contributed by atoms with E-state index in [1.165, 1.54) is 28.2 Å². The second kappa shape index (κ2) is 7.98. The summed E-state index contributed by atoms with van der Waals surface area (Å²) in [6, 6.07) is 11.3. The van der Waals surface area contributed by atoms with Gasteiger partial charge in [-0.25, -0.2) is 9.67 Å². The number of nitrogens with one attached hydrogen (secondary N) is 1. The standard InChI is InChI=1S/C19H14N6O3S/c26-19(21-11-18-22-17(12-29-18)13-4-7-20-8-5-13)16-6-9-24(23-16)14-2-1-3-15(10-14)25(27)28/h1-10,12H,11H2,(H,21,26). The van der Waals surface area contributed by atoms with Gasteiger partial charge in [-0.1, -0.05) is 6.07 Å². The molecule has 144 valence electrons. The van der Waals surface area contributed by atoms with Crippen LogP contribution < -0.4 is 5.32 Å². The number of rotatable bonds is 6. The van der Waals surface area contributed by atoms with Crippen molar-refractivity contribution in [2.45, 2.75) is 6.54 Å². The molecular weight excluding hydrogens is 392 g/mol. The van der Waals surface area contributed by atoms with Crippen LogP contribution in [0.5, 0.6) is 0 Å². The normalized spacial score (nSPS) is 10.6. The predicted molar refractivity (Wildman–Crippen MR) is 107 cm³/mol. The number of amides is 1. The fourth-order valence-electron chi connectivity index (χ4n) is 2.63. The maximum atomic E-state index is 12.4. The van der Waals surface area contributed by atoms with Gasteiger partial charge in [0.15, 0.2) is 5.69 Å². The molecule has 9 nitrogen and oxygen atoms in total. The van der Waals surface area contributed by atoms with Gasteiger partial charge in [-0.05, 0) is 24.3 Å². The molecule has 0 spiro atoms. The Morgan fingerprint density at radius 1 is 1.21 bits per heavy atom. The van der Waals surface area contributed by atoms with E-state index < -0.39 is 4.92 Å². The molecule has 4 rings (SSSR count). The molecular formula is C19H14N6O3S. The number of nitrogens with zero attached hydrogens (tertiary/aromatic N) is 5. The van der Waals surface area contributed by atoms with Crippen LogP contribution in [0.2, 0.25) is 0 Å². The fraction of sp³-hybridized carbons (Fsp3) is 0.0526. The lowest BCUT2D eigenvalue weighted by atomic mass is 10.2. The minimum atomic E-state index is -0.477. The first-order valence-corrected chi connectivity index (χ1v) is 9.41. The van der Waals surface area contributed by atoms with Crippen LogP contribution in [-0.2, 0) is 6.54 Å². The summed E-state index contributed by atoms with van der Waals surface area (Å²) in [7, 11) is 0. The summed E-state index contributed by atoms with van der Waals surface area (Å²) >= 11 is 1.45. The summed E-state index contributed by atoms with van der Waals surface area (Å²) in [4.78, 5) is 31.3. The zero-order valence-corrected chi connectivity index (χ0v) is 15.7. The molecule has 10 heteroatoms. The van der Waals surface area contributed by atoms with E-state index in [0.29, 0.717) is 5.69 Å². The summed E-state index contributed by atoms with van der Waals surface area (Å²) in [5, 5.41) is 20.6. The van der Waals surface area contributed by atoms with E-state index in [0.717, 1.165) is 16.3 Å². The Morgan fingerprint density at radius 2 is 2.03 bits per heavy atom. The Morgan fingerprint density at radius 3 is 2.83 bits per heavy atom. The zero-order chi connectivity index (χ0) is 20.2. The summed E-state index contributed by atoms with van der Waals surface area (Å²) in [5.41, 5.74) is 2.46. The third kappa shape index (κ3) is 4.17. The molecule has 0 atom stereocenters. The van der Waals surface area contributed by atoms with E-state index in [1.54, 1.807) is 36.8 Å². The number of carbonyl (C=O) groups excluding carboxylic acids is 1. The third-order valence-electron chi connectivity index (χ3n) is 4.05. The number of aromatic nitrogens is 4. The lowest BCUT2D eigenvalue weighted by Crippen LogP contribution is -2.23. The van der Waals surface area contributed by atoms with Gasteiger partial charge in [-0.15, -0.1) is 11.3 Å². The highest BCUT2D eigenvalue weighted by Crippen LogP contribution is 2.21. The van der Waals surface area contributed by atoms with Crippen molar-refractivity contribution < 1.29 is 9.72 Å². The van der Waals surface area contributed by atoms with Crippen molar-refractivity contribution in [2.75, 3.05) is 0 Å². The number of benzene rings is 1. The van der Waals surface area contributed by atoms with Crippen molar-refractivity contribution in [2.24, 2.45) is 0 Å².